The van der Waals surface area contributed by atoms with Crippen LogP contribution in [0.2, 0.25) is 5.02 Å². The number of ether oxygens (including phenoxy) is 3. The fourth-order valence-corrected chi connectivity index (χ4v) is 9.06. The van der Waals surface area contributed by atoms with E-state index in [-0.39, 0.29) is 46.3 Å². The zero-order valence-corrected chi connectivity index (χ0v) is 30.3. The van der Waals surface area contributed by atoms with Gasteiger partial charge in [-0.3, -0.25) is 14.1 Å². The monoisotopic (exact) mass is 755 g/mol. The SMILES string of the molecule is CNC(=O)[C@@H]1C[C@@H](O)C[N+]1(C)C1(c2cc(CCN(C)C)ccc2OC)C(=O)N(S(=O)(=O)c2ccc(OC)cc2OC(F)(F)F)c2ccc(Cl)cc21. The number of nitrogens with zero attached hydrogens (tertiary/aromatic N) is 3. The van der Waals surface area contributed by atoms with E-state index < -0.39 is 61.0 Å². The van der Waals surface area contributed by atoms with Crippen LogP contribution in [0.4, 0.5) is 18.9 Å². The van der Waals surface area contributed by atoms with E-state index in [9.17, 15) is 31.5 Å². The molecule has 0 aromatic heterocycles. The minimum absolute atomic E-state index is 0.0314. The molecule has 0 saturated carbocycles. The van der Waals surface area contributed by atoms with Crippen LogP contribution in [0.3, 0.4) is 0 Å². The number of halogens is 4. The summed E-state index contributed by atoms with van der Waals surface area (Å²) >= 11 is 6.58. The number of anilines is 1. The maximum absolute atomic E-state index is 15.7. The Morgan fingerprint density at radius 2 is 1.78 bits per heavy atom. The van der Waals surface area contributed by atoms with Crippen molar-refractivity contribution in [2.45, 2.75) is 41.8 Å². The number of rotatable bonds is 11. The second-order valence-electron chi connectivity index (χ2n) is 12.9. The standard InChI is InChI=1S/C34H38ClF3N4O8S/c1-39-31(44)27-17-22(43)19-42(27,4)33(25-15-20(13-14-40(2)3)7-11-28(25)49-6)24-16-21(35)8-10-26(24)41(32(33)45)51(46,47)30-12-9-23(48-5)18-29(30)50-34(36,37)38/h7-12,15-16,18,22,27,43H,13-14,17,19H2,1-6H3/p+1/t22-,27+,33?,42?/m1/s1. The Kier molecular flexibility index (Phi) is 10.3. The summed E-state index contributed by atoms with van der Waals surface area (Å²) in [6.07, 6.45) is -6.04. The van der Waals surface area contributed by atoms with Gasteiger partial charge in [-0.05, 0) is 68.5 Å². The largest absolute Gasteiger partial charge is 0.573 e. The topological polar surface area (TPSA) is 135 Å². The average Bonchev–Trinajstić information content (AvgIpc) is 3.52. The van der Waals surface area contributed by atoms with Crippen LogP contribution < -0.4 is 23.8 Å². The van der Waals surface area contributed by atoms with Crippen LogP contribution in [0.5, 0.6) is 17.2 Å². The number of aliphatic hydroxyl groups is 1. The van der Waals surface area contributed by atoms with Crippen LogP contribution in [-0.2, 0) is 31.6 Å². The molecule has 0 spiro atoms. The van der Waals surface area contributed by atoms with E-state index in [1.807, 2.05) is 19.0 Å². The third-order valence-corrected chi connectivity index (χ3v) is 11.5. The molecule has 3 aromatic rings. The Morgan fingerprint density at radius 1 is 1.08 bits per heavy atom. The number of nitrogens with one attached hydrogen (secondary N) is 1. The number of likely N-dealkylation sites (tertiary alicyclic amines) is 1. The van der Waals surface area contributed by atoms with Gasteiger partial charge in [0.1, 0.15) is 29.0 Å². The molecule has 2 unspecified atom stereocenters. The Labute approximate surface area is 298 Å². The van der Waals surface area contributed by atoms with Gasteiger partial charge in [0.2, 0.25) is 5.54 Å². The summed E-state index contributed by atoms with van der Waals surface area (Å²) in [4.78, 5) is 30.3. The number of fused-ring (bicyclic) bond motifs is 1. The van der Waals surface area contributed by atoms with Crippen molar-refractivity contribution in [1.82, 2.24) is 10.2 Å². The first kappa shape index (κ1) is 38.1. The van der Waals surface area contributed by atoms with Crippen LogP contribution >= 0.6 is 11.6 Å². The molecule has 1 saturated heterocycles. The number of carbonyl (C=O) groups excluding carboxylic acids is 2. The van der Waals surface area contributed by atoms with Gasteiger partial charge in [0.05, 0.1) is 38.1 Å². The molecule has 0 bridgehead atoms. The highest BCUT2D eigenvalue weighted by atomic mass is 35.5. The molecule has 12 nitrogen and oxygen atoms in total. The Balaban J connectivity index is 1.91. The van der Waals surface area contributed by atoms with Gasteiger partial charge in [0, 0.05) is 31.1 Å². The van der Waals surface area contributed by atoms with Gasteiger partial charge in [-0.25, -0.2) is 8.42 Å². The lowest BCUT2D eigenvalue weighted by Gasteiger charge is -2.48. The van der Waals surface area contributed by atoms with Crippen molar-refractivity contribution in [3.63, 3.8) is 0 Å². The molecule has 2 N–H and O–H groups in total. The number of hydrogen-bond donors (Lipinski definition) is 2. The molecule has 0 radical (unpaired) electrons. The smallest absolute Gasteiger partial charge is 0.497 e. The van der Waals surface area contributed by atoms with Gasteiger partial charge in [0.15, 0.2) is 11.8 Å². The summed E-state index contributed by atoms with van der Waals surface area (Å²) in [5.74, 6) is -2.79. The summed E-state index contributed by atoms with van der Waals surface area (Å²) in [6.45, 7) is 0.389. The fourth-order valence-electron chi connectivity index (χ4n) is 7.32. The molecule has 4 atom stereocenters. The van der Waals surface area contributed by atoms with E-state index in [0.29, 0.717) is 17.3 Å². The number of aliphatic hydroxyl groups excluding tert-OH is 1. The molecule has 276 valence electrons. The van der Waals surface area contributed by atoms with E-state index >= 15 is 4.79 Å². The molecular weight excluding hydrogens is 717 g/mol. The van der Waals surface area contributed by atoms with Crippen LogP contribution in [-0.4, -0.2) is 109 Å². The molecule has 2 aliphatic rings. The van der Waals surface area contributed by atoms with Gasteiger partial charge in [-0.15, -0.1) is 13.2 Å². The zero-order chi connectivity index (χ0) is 37.7. The summed E-state index contributed by atoms with van der Waals surface area (Å²) in [7, 11) is 4.03. The number of amides is 2. The number of sulfonamides is 1. The molecule has 0 aliphatic carbocycles. The number of hydrogen-bond acceptors (Lipinski definition) is 9. The maximum Gasteiger partial charge on any atom is 0.573 e. The van der Waals surface area contributed by atoms with Crippen molar-refractivity contribution >= 4 is 39.1 Å². The molecule has 17 heteroatoms. The van der Waals surface area contributed by atoms with Gasteiger partial charge >= 0.3 is 12.3 Å². The summed E-state index contributed by atoms with van der Waals surface area (Å²) < 4.78 is 85.4. The predicted molar refractivity (Wildman–Crippen MR) is 181 cm³/mol. The Bertz CT molecular complexity index is 1960. The highest BCUT2D eigenvalue weighted by molar-refractivity contribution is 7.93. The van der Waals surface area contributed by atoms with Gasteiger partial charge in [-0.2, -0.15) is 4.31 Å². The first-order valence-corrected chi connectivity index (χ1v) is 17.6. The summed E-state index contributed by atoms with van der Waals surface area (Å²) in [5.41, 5.74) is -1.46. The molecule has 51 heavy (non-hydrogen) atoms. The van der Waals surface area contributed by atoms with Gasteiger partial charge in [-0.1, -0.05) is 17.7 Å². The first-order valence-electron chi connectivity index (χ1n) is 15.8. The van der Waals surface area contributed by atoms with E-state index in [1.165, 1.54) is 39.5 Å². The number of methoxy groups -OCH3 is 2. The Morgan fingerprint density at radius 3 is 2.39 bits per heavy atom. The van der Waals surface area contributed by atoms with Gasteiger partial charge < -0.3 is 29.5 Å². The lowest BCUT2D eigenvalue weighted by atomic mass is 9.78. The lowest BCUT2D eigenvalue weighted by Crippen LogP contribution is -2.69. The molecule has 1 fully saturated rings. The van der Waals surface area contributed by atoms with Gasteiger partial charge in [0.25, 0.3) is 15.9 Å². The highest BCUT2D eigenvalue weighted by Gasteiger charge is 2.72. The van der Waals surface area contributed by atoms with E-state index in [4.69, 9.17) is 21.1 Å². The van der Waals surface area contributed by atoms with Crippen molar-refractivity contribution in [3.8, 4) is 17.2 Å². The minimum Gasteiger partial charge on any atom is -0.497 e. The maximum atomic E-state index is 15.7. The van der Waals surface area contributed by atoms with Crippen molar-refractivity contribution < 1.29 is 55.0 Å². The molecular formula is C34H39ClF3N4O8S+. The zero-order valence-electron chi connectivity index (χ0n) is 28.7. The first-order chi connectivity index (χ1) is 23.8. The van der Waals surface area contributed by atoms with Crippen LogP contribution in [0.1, 0.15) is 23.1 Å². The van der Waals surface area contributed by atoms with Crippen molar-refractivity contribution in [2.75, 3.05) is 59.8 Å². The van der Waals surface area contributed by atoms with E-state index in [0.717, 1.165) is 23.8 Å². The van der Waals surface area contributed by atoms with Crippen molar-refractivity contribution in [1.29, 1.82) is 0 Å². The van der Waals surface area contributed by atoms with Crippen molar-refractivity contribution in [3.05, 3.63) is 76.3 Å². The fraction of sp³-hybridized carbons (Fsp3) is 0.412. The lowest BCUT2D eigenvalue weighted by molar-refractivity contribution is -0.953. The second-order valence-corrected chi connectivity index (χ2v) is 15.1. The molecule has 2 aliphatic heterocycles. The van der Waals surface area contributed by atoms with E-state index in [1.54, 1.807) is 25.2 Å². The molecule has 5 rings (SSSR count). The highest BCUT2D eigenvalue weighted by Crippen LogP contribution is 2.58. The number of quaternary nitrogens is 1. The molecule has 3 aromatic carbocycles. The predicted octanol–water partition coefficient (Wildman–Crippen LogP) is 3.66. The third kappa shape index (κ3) is 6.48. The summed E-state index contributed by atoms with van der Waals surface area (Å²) in [6, 6.07) is 10.7. The quantitative estimate of drug-likeness (QED) is 0.282. The number of benzene rings is 3. The third-order valence-electron chi connectivity index (χ3n) is 9.55. The van der Waals surface area contributed by atoms with Crippen molar-refractivity contribution in [2.24, 2.45) is 0 Å². The number of likely N-dealkylation sites (N-methyl/N-ethyl adjacent to an activating group) is 3. The van der Waals surface area contributed by atoms with E-state index in [2.05, 4.69) is 10.1 Å². The minimum atomic E-state index is -5.31. The van der Waals surface area contributed by atoms with Crippen LogP contribution in [0, 0.1) is 0 Å². The number of alkyl halides is 3. The Hall–Kier alpha value is -4.09. The average molecular weight is 756 g/mol. The number of carbonyl (C=O) groups is 2. The molecule has 2 amide bonds. The summed E-state index contributed by atoms with van der Waals surface area (Å²) in [5, 5.41) is 13.9. The molecule has 2 heterocycles. The normalized spacial score (nSPS) is 23.4. The van der Waals surface area contributed by atoms with Crippen LogP contribution in [0.15, 0.2) is 59.5 Å². The second kappa shape index (κ2) is 13.8. The van der Waals surface area contributed by atoms with Crippen LogP contribution in [0.25, 0.3) is 0 Å².